The number of furan rings is 1. The van der Waals surface area contributed by atoms with Crippen LogP contribution in [0.15, 0.2) is 50.5 Å². The van der Waals surface area contributed by atoms with Crippen LogP contribution in [0.2, 0.25) is 0 Å². The lowest BCUT2D eigenvalue weighted by Crippen LogP contribution is -1.80. The summed E-state index contributed by atoms with van der Waals surface area (Å²) in [4.78, 5) is 4.27. The van der Waals surface area contributed by atoms with Crippen LogP contribution in [0, 0.1) is 0 Å². The van der Waals surface area contributed by atoms with E-state index in [2.05, 4.69) is 20.9 Å². The van der Waals surface area contributed by atoms with Crippen LogP contribution in [0.4, 0.5) is 5.69 Å². The number of benzene rings is 1. The smallest absolute Gasteiger partial charge is 0.169 e. The number of ether oxygens (including phenoxy) is 1. The predicted molar refractivity (Wildman–Crippen MR) is 66.7 cm³/mol. The van der Waals surface area contributed by atoms with E-state index >= 15 is 0 Å². The summed E-state index contributed by atoms with van der Waals surface area (Å²) < 4.78 is 11.0. The fourth-order valence-electron chi connectivity index (χ4n) is 1.20. The molecule has 0 N–H and O–H groups in total. The molecule has 0 radical (unpaired) electrons. The lowest BCUT2D eigenvalue weighted by molar-refractivity contribution is 0.415. The van der Waals surface area contributed by atoms with Gasteiger partial charge in [0.05, 0.1) is 19.0 Å². The van der Waals surface area contributed by atoms with Crippen molar-refractivity contribution in [3.05, 3.63) is 46.8 Å². The third-order valence-corrected chi connectivity index (χ3v) is 2.43. The van der Waals surface area contributed by atoms with E-state index < -0.39 is 0 Å². The molecule has 82 valence electrons. The number of rotatable bonds is 3. The number of nitrogens with zero attached hydrogens (tertiary/aromatic N) is 1. The predicted octanol–water partition coefficient (Wildman–Crippen LogP) is 3.80. The van der Waals surface area contributed by atoms with Crippen LogP contribution in [-0.4, -0.2) is 13.3 Å². The van der Waals surface area contributed by atoms with Gasteiger partial charge < -0.3 is 9.15 Å². The highest BCUT2D eigenvalue weighted by molar-refractivity contribution is 9.10. The van der Waals surface area contributed by atoms with Crippen molar-refractivity contribution in [1.82, 2.24) is 0 Å². The molecule has 1 aromatic carbocycles. The minimum Gasteiger partial charge on any atom is -0.497 e. The molecule has 0 bridgehead atoms. The zero-order valence-electron chi connectivity index (χ0n) is 8.68. The number of halogens is 1. The SMILES string of the molecule is COc1ccc(N=Cc2ccc(Br)o2)cc1. The first kappa shape index (κ1) is 11.0. The van der Waals surface area contributed by atoms with Gasteiger partial charge in [0.15, 0.2) is 4.67 Å². The van der Waals surface area contributed by atoms with Crippen LogP contribution in [-0.2, 0) is 0 Å². The Bertz CT molecular complexity index is 488. The second-order valence-electron chi connectivity index (χ2n) is 3.10. The molecule has 0 spiro atoms. The van der Waals surface area contributed by atoms with Crippen molar-refractivity contribution in [2.45, 2.75) is 0 Å². The molecule has 0 fully saturated rings. The highest BCUT2D eigenvalue weighted by Crippen LogP contribution is 2.18. The summed E-state index contributed by atoms with van der Waals surface area (Å²) >= 11 is 3.23. The van der Waals surface area contributed by atoms with Gasteiger partial charge in [0.1, 0.15) is 11.5 Å². The summed E-state index contributed by atoms with van der Waals surface area (Å²) in [7, 11) is 1.64. The Kier molecular flexibility index (Phi) is 3.41. The van der Waals surface area contributed by atoms with Crippen LogP contribution in [0.3, 0.4) is 0 Å². The largest absolute Gasteiger partial charge is 0.497 e. The van der Waals surface area contributed by atoms with Crippen molar-refractivity contribution in [3.8, 4) is 5.75 Å². The number of aliphatic imine (C=N–C) groups is 1. The Morgan fingerprint density at radius 3 is 2.50 bits per heavy atom. The third-order valence-electron chi connectivity index (χ3n) is 2.01. The molecule has 0 saturated carbocycles. The fraction of sp³-hybridized carbons (Fsp3) is 0.0833. The zero-order valence-corrected chi connectivity index (χ0v) is 10.3. The summed E-state index contributed by atoms with van der Waals surface area (Å²) in [6.07, 6.45) is 1.67. The van der Waals surface area contributed by atoms with Crippen LogP contribution >= 0.6 is 15.9 Å². The molecule has 16 heavy (non-hydrogen) atoms. The van der Waals surface area contributed by atoms with Gasteiger partial charge in [-0.2, -0.15) is 0 Å². The van der Waals surface area contributed by atoms with E-state index in [-0.39, 0.29) is 0 Å². The Hall–Kier alpha value is -1.55. The summed E-state index contributed by atoms with van der Waals surface area (Å²) in [5, 5.41) is 0. The molecular weight excluding hydrogens is 270 g/mol. The van der Waals surface area contributed by atoms with E-state index in [1.54, 1.807) is 13.3 Å². The van der Waals surface area contributed by atoms with Crippen molar-refractivity contribution in [1.29, 1.82) is 0 Å². The quantitative estimate of drug-likeness (QED) is 0.801. The maximum absolute atomic E-state index is 5.29. The summed E-state index contributed by atoms with van der Waals surface area (Å²) in [6, 6.07) is 11.2. The van der Waals surface area contributed by atoms with E-state index in [9.17, 15) is 0 Å². The monoisotopic (exact) mass is 279 g/mol. The first-order valence-corrected chi connectivity index (χ1v) is 5.51. The fourth-order valence-corrected chi connectivity index (χ4v) is 1.52. The second-order valence-corrected chi connectivity index (χ2v) is 3.88. The zero-order chi connectivity index (χ0) is 11.4. The summed E-state index contributed by atoms with van der Waals surface area (Å²) in [5.41, 5.74) is 0.855. The standard InChI is InChI=1S/C12H10BrNO2/c1-15-10-4-2-9(3-5-10)14-8-11-6-7-12(13)16-11/h2-8H,1H3. The van der Waals surface area contributed by atoms with Crippen LogP contribution in [0.5, 0.6) is 5.75 Å². The molecule has 0 atom stereocenters. The first-order chi connectivity index (χ1) is 7.78. The van der Waals surface area contributed by atoms with E-state index in [4.69, 9.17) is 9.15 Å². The lowest BCUT2D eigenvalue weighted by atomic mass is 10.3. The normalized spacial score (nSPS) is 10.9. The summed E-state index contributed by atoms with van der Waals surface area (Å²) in [6.45, 7) is 0. The maximum atomic E-state index is 5.29. The molecule has 0 aliphatic carbocycles. The average molecular weight is 280 g/mol. The van der Waals surface area contributed by atoms with Crippen LogP contribution < -0.4 is 4.74 Å². The molecule has 2 rings (SSSR count). The topological polar surface area (TPSA) is 34.7 Å². The molecule has 0 aliphatic rings. The molecule has 1 heterocycles. The maximum Gasteiger partial charge on any atom is 0.169 e. The van der Waals surface area contributed by atoms with E-state index in [1.807, 2.05) is 36.4 Å². The van der Waals surface area contributed by atoms with Crippen molar-refractivity contribution >= 4 is 27.8 Å². The van der Waals surface area contributed by atoms with E-state index in [0.717, 1.165) is 11.4 Å². The van der Waals surface area contributed by atoms with Gasteiger partial charge in [-0.1, -0.05) is 0 Å². The van der Waals surface area contributed by atoms with Crippen LogP contribution in [0.25, 0.3) is 0 Å². The highest BCUT2D eigenvalue weighted by atomic mass is 79.9. The van der Waals surface area contributed by atoms with E-state index in [1.165, 1.54) is 0 Å². The third kappa shape index (κ3) is 2.73. The number of hydrogen-bond donors (Lipinski definition) is 0. The van der Waals surface area contributed by atoms with E-state index in [0.29, 0.717) is 10.4 Å². The number of hydrogen-bond acceptors (Lipinski definition) is 3. The molecule has 0 aliphatic heterocycles. The van der Waals surface area contributed by atoms with Gasteiger partial charge in [0.25, 0.3) is 0 Å². The Morgan fingerprint density at radius 2 is 1.94 bits per heavy atom. The summed E-state index contributed by atoms with van der Waals surface area (Å²) in [5.74, 6) is 1.53. The minimum atomic E-state index is 0.698. The van der Waals surface area contributed by atoms with Gasteiger partial charge in [0, 0.05) is 0 Å². The molecule has 0 amide bonds. The number of methoxy groups -OCH3 is 1. The first-order valence-electron chi connectivity index (χ1n) is 4.71. The molecule has 0 saturated heterocycles. The molecule has 1 aromatic heterocycles. The average Bonchev–Trinajstić information content (AvgIpc) is 2.73. The molecular formula is C12H10BrNO2. The van der Waals surface area contributed by atoms with Gasteiger partial charge >= 0.3 is 0 Å². The Balaban J connectivity index is 2.11. The van der Waals surface area contributed by atoms with Crippen molar-refractivity contribution in [3.63, 3.8) is 0 Å². The Morgan fingerprint density at radius 1 is 1.19 bits per heavy atom. The van der Waals surface area contributed by atoms with Gasteiger partial charge in [-0.25, -0.2) is 0 Å². The van der Waals surface area contributed by atoms with Gasteiger partial charge in [-0.3, -0.25) is 4.99 Å². The Labute approximate surface area is 102 Å². The van der Waals surface area contributed by atoms with Crippen molar-refractivity contribution in [2.75, 3.05) is 7.11 Å². The minimum absolute atomic E-state index is 0.698. The van der Waals surface area contributed by atoms with Crippen molar-refractivity contribution in [2.24, 2.45) is 4.99 Å². The molecule has 3 nitrogen and oxygen atoms in total. The molecule has 2 aromatic rings. The second kappa shape index (κ2) is 4.99. The van der Waals surface area contributed by atoms with Gasteiger partial charge in [-0.05, 0) is 52.3 Å². The van der Waals surface area contributed by atoms with Gasteiger partial charge in [-0.15, -0.1) is 0 Å². The van der Waals surface area contributed by atoms with Crippen LogP contribution in [0.1, 0.15) is 5.76 Å². The highest BCUT2D eigenvalue weighted by Gasteiger charge is 1.95. The van der Waals surface area contributed by atoms with Gasteiger partial charge in [0.2, 0.25) is 0 Å². The molecule has 4 heteroatoms. The molecule has 0 unspecified atom stereocenters. The van der Waals surface area contributed by atoms with Crippen molar-refractivity contribution < 1.29 is 9.15 Å². The lowest BCUT2D eigenvalue weighted by Gasteiger charge is -1.98.